The van der Waals surface area contributed by atoms with E-state index in [4.69, 9.17) is 4.99 Å². The summed E-state index contributed by atoms with van der Waals surface area (Å²) < 4.78 is 1.85. The van der Waals surface area contributed by atoms with Gasteiger partial charge in [0.2, 0.25) is 0 Å². The molecule has 0 amide bonds. The zero-order chi connectivity index (χ0) is 17.6. The lowest BCUT2D eigenvalue weighted by molar-refractivity contribution is 0.136. The number of nitrogens with one attached hydrogen (secondary N) is 2. The van der Waals surface area contributed by atoms with Gasteiger partial charge in [-0.1, -0.05) is 6.42 Å². The second kappa shape index (κ2) is 10.3. The zero-order valence-corrected chi connectivity index (χ0v) is 18.2. The number of guanidine groups is 1. The first-order chi connectivity index (χ1) is 12.2. The average Bonchev–Trinajstić information content (AvgIpc) is 3.21. The van der Waals surface area contributed by atoms with Crippen LogP contribution in [0.15, 0.2) is 17.4 Å². The van der Waals surface area contributed by atoms with E-state index < -0.39 is 0 Å². The van der Waals surface area contributed by atoms with Crippen molar-refractivity contribution >= 4 is 35.6 Å². The lowest BCUT2D eigenvalue weighted by Crippen LogP contribution is -2.51. The van der Waals surface area contributed by atoms with E-state index in [1.54, 1.807) is 0 Å². The maximum atomic E-state index is 9.99. The topological polar surface area (TPSA) is 77.7 Å². The molecule has 0 spiro atoms. The van der Waals surface area contributed by atoms with E-state index in [0.29, 0.717) is 18.5 Å². The van der Waals surface area contributed by atoms with E-state index in [9.17, 15) is 5.11 Å². The molecule has 7 nitrogen and oxygen atoms in total. The number of hydrogen-bond donors (Lipinski definition) is 3. The molecule has 148 valence electrons. The molecular formula is C18H33IN6O. The van der Waals surface area contributed by atoms with Gasteiger partial charge >= 0.3 is 0 Å². The van der Waals surface area contributed by atoms with Gasteiger partial charge in [0, 0.05) is 51.4 Å². The molecular weight excluding hydrogens is 443 g/mol. The van der Waals surface area contributed by atoms with Crippen LogP contribution in [0.25, 0.3) is 0 Å². The van der Waals surface area contributed by atoms with Crippen molar-refractivity contribution in [3.63, 3.8) is 0 Å². The average molecular weight is 476 g/mol. The highest BCUT2D eigenvalue weighted by Crippen LogP contribution is 2.25. The Balaban J connectivity index is 0.00000243. The Kier molecular flexibility index (Phi) is 8.46. The van der Waals surface area contributed by atoms with Gasteiger partial charge in [-0.15, -0.1) is 24.0 Å². The molecule has 1 aromatic rings. The number of aliphatic imine (C=N–C) groups is 1. The SMILES string of the molecule is CCNC(=NCC1CCCC1O)NC1CCCN(c2cnn(C)c2)C1.I. The van der Waals surface area contributed by atoms with Crippen molar-refractivity contribution in [1.29, 1.82) is 0 Å². The molecule has 1 aromatic heterocycles. The van der Waals surface area contributed by atoms with Crippen LogP contribution in [-0.4, -0.2) is 59.2 Å². The molecule has 2 aliphatic rings. The van der Waals surface area contributed by atoms with Gasteiger partial charge in [0.1, 0.15) is 0 Å². The minimum Gasteiger partial charge on any atom is -0.393 e. The Labute approximate surface area is 173 Å². The van der Waals surface area contributed by atoms with Gasteiger partial charge in [0.05, 0.1) is 18.0 Å². The summed E-state index contributed by atoms with van der Waals surface area (Å²) in [7, 11) is 1.95. The highest BCUT2D eigenvalue weighted by Gasteiger charge is 2.25. The van der Waals surface area contributed by atoms with Crippen molar-refractivity contribution in [2.75, 3.05) is 31.1 Å². The van der Waals surface area contributed by atoms with E-state index in [0.717, 1.165) is 57.7 Å². The van der Waals surface area contributed by atoms with Crippen molar-refractivity contribution in [1.82, 2.24) is 20.4 Å². The van der Waals surface area contributed by atoms with E-state index in [2.05, 4.69) is 33.8 Å². The van der Waals surface area contributed by atoms with Gasteiger partial charge < -0.3 is 20.6 Å². The number of anilines is 1. The maximum Gasteiger partial charge on any atom is 0.191 e. The number of hydrogen-bond acceptors (Lipinski definition) is 4. The fourth-order valence-corrected chi connectivity index (χ4v) is 3.85. The summed E-state index contributed by atoms with van der Waals surface area (Å²) in [5, 5.41) is 21.2. The second-order valence-corrected chi connectivity index (χ2v) is 7.28. The summed E-state index contributed by atoms with van der Waals surface area (Å²) in [6, 6.07) is 0.375. The third-order valence-electron chi connectivity index (χ3n) is 5.27. The zero-order valence-electron chi connectivity index (χ0n) is 15.9. The molecule has 26 heavy (non-hydrogen) atoms. The van der Waals surface area contributed by atoms with Crippen molar-refractivity contribution < 1.29 is 5.11 Å². The van der Waals surface area contributed by atoms with Gasteiger partial charge in [-0.3, -0.25) is 9.67 Å². The minimum atomic E-state index is -0.178. The number of aryl methyl sites for hydroxylation is 1. The smallest absolute Gasteiger partial charge is 0.191 e. The van der Waals surface area contributed by atoms with Crippen LogP contribution >= 0.6 is 24.0 Å². The van der Waals surface area contributed by atoms with Crippen LogP contribution in [-0.2, 0) is 7.05 Å². The van der Waals surface area contributed by atoms with Crippen LogP contribution in [0.1, 0.15) is 39.0 Å². The molecule has 0 bridgehead atoms. The van der Waals surface area contributed by atoms with Crippen molar-refractivity contribution in [2.24, 2.45) is 18.0 Å². The predicted molar refractivity (Wildman–Crippen MR) is 116 cm³/mol. The fourth-order valence-electron chi connectivity index (χ4n) is 3.85. The van der Waals surface area contributed by atoms with Crippen LogP contribution in [0, 0.1) is 5.92 Å². The molecule has 2 fully saturated rings. The molecule has 8 heteroatoms. The standard InChI is InChI=1S/C18H32N6O.HI/c1-3-19-18(20-10-14-6-4-8-17(14)25)22-15-7-5-9-24(12-15)16-11-21-23(2)13-16;/h11,13-15,17,25H,3-10,12H2,1-2H3,(H2,19,20,22);1H. The summed E-state index contributed by atoms with van der Waals surface area (Å²) in [5.74, 6) is 1.19. The van der Waals surface area contributed by atoms with Crippen LogP contribution in [0.3, 0.4) is 0 Å². The Hall–Kier alpha value is -1.03. The molecule has 3 atom stereocenters. The first-order valence-electron chi connectivity index (χ1n) is 9.62. The third-order valence-corrected chi connectivity index (χ3v) is 5.27. The number of piperidine rings is 1. The van der Waals surface area contributed by atoms with Crippen molar-refractivity contribution in [2.45, 2.75) is 51.2 Å². The first kappa shape index (κ1) is 21.3. The number of halogens is 1. The second-order valence-electron chi connectivity index (χ2n) is 7.28. The largest absolute Gasteiger partial charge is 0.393 e. The Morgan fingerprint density at radius 3 is 2.85 bits per heavy atom. The summed E-state index contributed by atoms with van der Waals surface area (Å²) in [6.07, 6.45) is 9.26. The van der Waals surface area contributed by atoms with Gasteiger partial charge in [0.25, 0.3) is 0 Å². The Bertz CT molecular complexity index is 578. The number of nitrogens with zero attached hydrogens (tertiary/aromatic N) is 4. The fraction of sp³-hybridized carbons (Fsp3) is 0.778. The minimum absolute atomic E-state index is 0. The first-order valence-corrected chi connectivity index (χ1v) is 9.62. The number of rotatable bonds is 5. The normalized spacial score (nSPS) is 26.5. The van der Waals surface area contributed by atoms with E-state index >= 15 is 0 Å². The van der Waals surface area contributed by atoms with Gasteiger partial charge in [-0.05, 0) is 32.6 Å². The Morgan fingerprint density at radius 2 is 2.19 bits per heavy atom. The quantitative estimate of drug-likeness (QED) is 0.343. The number of aliphatic hydroxyl groups excluding tert-OH is 1. The van der Waals surface area contributed by atoms with Crippen molar-refractivity contribution in [3.8, 4) is 0 Å². The molecule has 1 aliphatic heterocycles. The maximum absolute atomic E-state index is 9.99. The van der Waals surface area contributed by atoms with Gasteiger partial charge in [0.15, 0.2) is 5.96 Å². The molecule has 1 saturated heterocycles. The van der Waals surface area contributed by atoms with Crippen LogP contribution in [0.2, 0.25) is 0 Å². The summed E-state index contributed by atoms with van der Waals surface area (Å²) >= 11 is 0. The molecule has 3 rings (SSSR count). The van der Waals surface area contributed by atoms with Crippen LogP contribution in [0.4, 0.5) is 5.69 Å². The third kappa shape index (κ3) is 5.73. The highest BCUT2D eigenvalue weighted by molar-refractivity contribution is 14.0. The van der Waals surface area contributed by atoms with Crippen molar-refractivity contribution in [3.05, 3.63) is 12.4 Å². The highest BCUT2D eigenvalue weighted by atomic mass is 127. The van der Waals surface area contributed by atoms with Gasteiger partial charge in [-0.25, -0.2) is 0 Å². The number of aliphatic hydroxyl groups is 1. The van der Waals surface area contributed by atoms with E-state index in [1.165, 1.54) is 5.69 Å². The lowest BCUT2D eigenvalue weighted by atomic mass is 10.1. The monoisotopic (exact) mass is 476 g/mol. The predicted octanol–water partition coefficient (Wildman–Crippen LogP) is 1.72. The van der Waals surface area contributed by atoms with Gasteiger partial charge in [-0.2, -0.15) is 5.10 Å². The summed E-state index contributed by atoms with van der Waals surface area (Å²) in [6.45, 7) is 5.67. The van der Waals surface area contributed by atoms with E-state index in [1.807, 2.05) is 17.9 Å². The van der Waals surface area contributed by atoms with Crippen LogP contribution in [0.5, 0.6) is 0 Å². The summed E-state index contributed by atoms with van der Waals surface area (Å²) in [4.78, 5) is 7.13. The summed E-state index contributed by atoms with van der Waals surface area (Å²) in [5.41, 5.74) is 1.19. The lowest BCUT2D eigenvalue weighted by Gasteiger charge is -2.34. The molecule has 2 heterocycles. The molecule has 3 N–H and O–H groups in total. The molecule has 0 radical (unpaired) electrons. The molecule has 1 aliphatic carbocycles. The van der Waals surface area contributed by atoms with Crippen LogP contribution < -0.4 is 15.5 Å². The molecule has 1 saturated carbocycles. The Morgan fingerprint density at radius 1 is 1.35 bits per heavy atom. The van der Waals surface area contributed by atoms with E-state index in [-0.39, 0.29) is 30.1 Å². The number of aromatic nitrogens is 2. The molecule has 3 unspecified atom stereocenters. The molecule has 0 aromatic carbocycles.